The van der Waals surface area contributed by atoms with Crippen molar-refractivity contribution in [1.82, 2.24) is 0 Å². The standard InChI is InChI=1S/C49H42N2S/c1-4-12-38(13-5-1)39-24-30-44(31-25-39)50(40-14-6-2-7-15-40)42-26-20-36(21-27-42)34-37-22-28-43(29-23-37)51(41-16-8-3-9-17-41)45-32-33-49-47(35-45)46-18-10-11-19-48(46)52-49/h2-3,6-11,14-33,35,38H,1,4-5,12-13,34H2. The first-order valence-electron chi connectivity index (χ1n) is 18.7. The van der Waals surface area contributed by atoms with E-state index in [9.17, 15) is 0 Å². The van der Waals surface area contributed by atoms with E-state index in [1.54, 1.807) is 0 Å². The van der Waals surface area contributed by atoms with Gasteiger partial charge in [0.05, 0.1) is 0 Å². The minimum absolute atomic E-state index is 0.707. The van der Waals surface area contributed by atoms with Crippen molar-refractivity contribution in [3.8, 4) is 0 Å². The van der Waals surface area contributed by atoms with Crippen molar-refractivity contribution in [3.63, 3.8) is 0 Å². The monoisotopic (exact) mass is 690 g/mol. The van der Waals surface area contributed by atoms with Crippen molar-refractivity contribution in [2.24, 2.45) is 0 Å². The third-order valence-corrected chi connectivity index (χ3v) is 11.8. The van der Waals surface area contributed by atoms with Crippen LogP contribution in [0, 0.1) is 0 Å². The number of rotatable bonds is 9. The summed E-state index contributed by atoms with van der Waals surface area (Å²) in [5, 5.41) is 2.62. The minimum Gasteiger partial charge on any atom is -0.311 e. The third kappa shape index (κ3) is 6.61. The Hall–Kier alpha value is -5.64. The van der Waals surface area contributed by atoms with Crippen LogP contribution in [0.2, 0.25) is 0 Å². The summed E-state index contributed by atoms with van der Waals surface area (Å²) in [5.74, 6) is 0.707. The van der Waals surface area contributed by atoms with Crippen LogP contribution in [0.1, 0.15) is 54.7 Å². The summed E-state index contributed by atoms with van der Waals surface area (Å²) in [5.41, 5.74) is 11.1. The maximum absolute atomic E-state index is 2.37. The van der Waals surface area contributed by atoms with Gasteiger partial charge in [0.1, 0.15) is 0 Å². The van der Waals surface area contributed by atoms with Gasteiger partial charge in [-0.3, -0.25) is 0 Å². The summed E-state index contributed by atoms with van der Waals surface area (Å²) in [7, 11) is 0. The first kappa shape index (κ1) is 32.3. The zero-order chi connectivity index (χ0) is 34.7. The molecule has 0 atom stereocenters. The highest BCUT2D eigenvalue weighted by Gasteiger charge is 2.18. The molecule has 0 amide bonds. The van der Waals surface area contributed by atoms with E-state index in [4.69, 9.17) is 0 Å². The van der Waals surface area contributed by atoms with Crippen LogP contribution in [-0.4, -0.2) is 0 Å². The predicted molar refractivity (Wildman–Crippen MR) is 224 cm³/mol. The number of fused-ring (bicyclic) bond motifs is 3. The van der Waals surface area contributed by atoms with E-state index in [0.29, 0.717) is 5.92 Å². The van der Waals surface area contributed by atoms with Crippen LogP contribution in [0.25, 0.3) is 20.2 Å². The Morgan fingerprint density at radius 2 is 0.865 bits per heavy atom. The van der Waals surface area contributed by atoms with Crippen LogP contribution >= 0.6 is 11.3 Å². The van der Waals surface area contributed by atoms with E-state index >= 15 is 0 Å². The largest absolute Gasteiger partial charge is 0.311 e. The van der Waals surface area contributed by atoms with Gasteiger partial charge in [-0.1, -0.05) is 110 Å². The van der Waals surface area contributed by atoms with Gasteiger partial charge in [-0.2, -0.15) is 0 Å². The highest BCUT2D eigenvalue weighted by Crippen LogP contribution is 2.41. The molecule has 7 aromatic carbocycles. The second-order valence-corrected chi connectivity index (χ2v) is 15.1. The topological polar surface area (TPSA) is 6.48 Å². The van der Waals surface area contributed by atoms with Crippen molar-refractivity contribution >= 4 is 65.6 Å². The molecule has 8 aromatic rings. The highest BCUT2D eigenvalue weighted by atomic mass is 32.1. The smallest absolute Gasteiger partial charge is 0.0468 e. The maximum Gasteiger partial charge on any atom is 0.0468 e. The molecular formula is C49H42N2S. The molecule has 0 bridgehead atoms. The fraction of sp³-hybridized carbons (Fsp3) is 0.143. The van der Waals surface area contributed by atoms with Gasteiger partial charge in [0.2, 0.25) is 0 Å². The normalized spacial score (nSPS) is 13.4. The third-order valence-electron chi connectivity index (χ3n) is 10.7. The molecule has 1 fully saturated rings. The molecule has 2 nitrogen and oxygen atoms in total. The van der Waals surface area contributed by atoms with E-state index < -0.39 is 0 Å². The first-order valence-corrected chi connectivity index (χ1v) is 19.5. The van der Waals surface area contributed by atoms with Gasteiger partial charge >= 0.3 is 0 Å². The molecule has 0 unspecified atom stereocenters. The SMILES string of the molecule is c1ccc(N(c2ccc(Cc3ccc(N(c4ccccc4)c4ccc5sc6ccccc6c5c4)cc3)cc2)c2ccc(C3CCCCC3)cc2)cc1. The van der Waals surface area contributed by atoms with E-state index in [0.717, 1.165) is 23.5 Å². The van der Waals surface area contributed by atoms with Gasteiger partial charge in [-0.25, -0.2) is 0 Å². The van der Waals surface area contributed by atoms with Crippen LogP contribution in [0.15, 0.2) is 176 Å². The summed E-state index contributed by atoms with van der Waals surface area (Å²) in [6, 6.07) is 64.6. The minimum atomic E-state index is 0.707. The van der Waals surface area contributed by atoms with Crippen LogP contribution in [-0.2, 0) is 6.42 Å². The fourth-order valence-electron chi connectivity index (χ4n) is 7.99. The van der Waals surface area contributed by atoms with Gasteiger partial charge in [0, 0.05) is 54.3 Å². The molecule has 0 saturated heterocycles. The Labute approximate surface area is 311 Å². The number of thiophene rings is 1. The van der Waals surface area contributed by atoms with Crippen molar-refractivity contribution in [2.75, 3.05) is 9.80 Å². The lowest BCUT2D eigenvalue weighted by atomic mass is 9.84. The van der Waals surface area contributed by atoms with Gasteiger partial charge in [-0.15, -0.1) is 11.3 Å². The zero-order valence-corrected chi connectivity index (χ0v) is 30.2. The molecule has 1 saturated carbocycles. The lowest BCUT2D eigenvalue weighted by molar-refractivity contribution is 0.443. The quantitative estimate of drug-likeness (QED) is 0.149. The van der Waals surface area contributed by atoms with Crippen LogP contribution < -0.4 is 9.80 Å². The molecular weight excluding hydrogens is 649 g/mol. The summed E-state index contributed by atoms with van der Waals surface area (Å²) >= 11 is 1.86. The van der Waals surface area contributed by atoms with Crippen LogP contribution in [0.5, 0.6) is 0 Å². The van der Waals surface area contributed by atoms with Crippen LogP contribution in [0.3, 0.4) is 0 Å². The molecule has 0 radical (unpaired) electrons. The van der Waals surface area contributed by atoms with Crippen molar-refractivity contribution in [2.45, 2.75) is 44.4 Å². The van der Waals surface area contributed by atoms with E-state index in [2.05, 4.69) is 186 Å². The molecule has 1 heterocycles. The Balaban J connectivity index is 0.972. The summed E-state index contributed by atoms with van der Waals surface area (Å²) in [4.78, 5) is 4.74. The second kappa shape index (κ2) is 14.5. The summed E-state index contributed by atoms with van der Waals surface area (Å²) in [6.07, 6.45) is 7.61. The van der Waals surface area contributed by atoms with Gasteiger partial charge in [0.15, 0.2) is 0 Å². The lowest BCUT2D eigenvalue weighted by Gasteiger charge is -2.27. The average molecular weight is 691 g/mol. The van der Waals surface area contributed by atoms with E-state index in [-0.39, 0.29) is 0 Å². The number of anilines is 6. The number of benzene rings is 7. The molecule has 0 aliphatic heterocycles. The Kier molecular flexibility index (Phi) is 9.02. The van der Waals surface area contributed by atoms with E-state index in [1.807, 2.05) is 11.3 Å². The van der Waals surface area contributed by atoms with Gasteiger partial charge in [0.25, 0.3) is 0 Å². The molecule has 3 heteroatoms. The van der Waals surface area contributed by atoms with E-state index in [1.165, 1.54) is 86.0 Å². The summed E-state index contributed by atoms with van der Waals surface area (Å²) in [6.45, 7) is 0. The summed E-state index contributed by atoms with van der Waals surface area (Å²) < 4.78 is 2.65. The molecule has 254 valence electrons. The van der Waals surface area contributed by atoms with Gasteiger partial charge < -0.3 is 9.80 Å². The fourth-order valence-corrected chi connectivity index (χ4v) is 9.08. The Morgan fingerprint density at radius 1 is 0.404 bits per heavy atom. The molecule has 9 rings (SSSR count). The molecule has 1 aliphatic rings. The van der Waals surface area contributed by atoms with Gasteiger partial charge in [-0.05, 0) is 127 Å². The van der Waals surface area contributed by atoms with Crippen molar-refractivity contribution in [3.05, 3.63) is 193 Å². The highest BCUT2D eigenvalue weighted by molar-refractivity contribution is 7.25. The lowest BCUT2D eigenvalue weighted by Crippen LogP contribution is -2.10. The molecule has 52 heavy (non-hydrogen) atoms. The Bertz CT molecular complexity index is 2390. The number of nitrogens with zero attached hydrogens (tertiary/aromatic N) is 2. The molecule has 1 aliphatic carbocycles. The van der Waals surface area contributed by atoms with Crippen molar-refractivity contribution < 1.29 is 0 Å². The molecule has 1 aromatic heterocycles. The number of para-hydroxylation sites is 2. The zero-order valence-electron chi connectivity index (χ0n) is 29.4. The molecule has 0 N–H and O–H groups in total. The average Bonchev–Trinajstić information content (AvgIpc) is 3.59. The Morgan fingerprint density at radius 3 is 1.46 bits per heavy atom. The molecule has 0 spiro atoms. The predicted octanol–water partition coefficient (Wildman–Crippen LogP) is 14.6. The second-order valence-electron chi connectivity index (χ2n) is 14.1. The first-order chi connectivity index (χ1) is 25.8. The number of hydrogen-bond donors (Lipinski definition) is 0. The van der Waals surface area contributed by atoms with Crippen molar-refractivity contribution in [1.29, 1.82) is 0 Å². The van der Waals surface area contributed by atoms with Crippen LogP contribution in [0.4, 0.5) is 34.1 Å². The maximum atomic E-state index is 2.37. The number of hydrogen-bond acceptors (Lipinski definition) is 3.